The standard InChI is InChI=1S/C3H3Cl5.C3H2F4/c4-1-2(5)3(6,7)8;4-1-2(5)3(6)7/h2H,1H2;1H2. The van der Waals surface area contributed by atoms with Gasteiger partial charge in [-0.05, 0) is 0 Å². The van der Waals surface area contributed by atoms with E-state index in [1.807, 2.05) is 0 Å². The van der Waals surface area contributed by atoms with Crippen LogP contribution in [0.25, 0.3) is 0 Å². The van der Waals surface area contributed by atoms with E-state index in [9.17, 15) is 17.6 Å². The van der Waals surface area contributed by atoms with Crippen molar-refractivity contribution >= 4 is 58.0 Å². The SMILES string of the molecule is ClCC(Cl)C(Cl)(Cl)Cl.FCC(F)=C(F)F. The maximum absolute atomic E-state index is 11.0. The minimum atomic E-state index is -2.58. The lowest BCUT2D eigenvalue weighted by Crippen LogP contribution is -2.20. The van der Waals surface area contributed by atoms with Crippen LogP contribution < -0.4 is 0 Å². The van der Waals surface area contributed by atoms with Gasteiger partial charge in [0, 0.05) is 5.88 Å². The average molecular weight is 330 g/mol. The lowest BCUT2D eigenvalue weighted by molar-refractivity contribution is 0.348. The highest BCUT2D eigenvalue weighted by Gasteiger charge is 2.29. The molecule has 92 valence electrons. The second-order valence-electron chi connectivity index (χ2n) is 1.96. The molecule has 0 saturated carbocycles. The Balaban J connectivity index is 0. The van der Waals surface area contributed by atoms with Crippen LogP contribution in [0.15, 0.2) is 11.9 Å². The Bertz CT molecular complexity index is 198. The molecular weight excluding hydrogens is 325 g/mol. The molecule has 0 radical (unpaired) electrons. The summed E-state index contributed by atoms with van der Waals surface area (Å²) in [4.78, 5) is 0. The molecule has 0 aromatic heterocycles. The summed E-state index contributed by atoms with van der Waals surface area (Å²) in [5.74, 6) is -1.85. The smallest absolute Gasteiger partial charge is 0.243 e. The van der Waals surface area contributed by atoms with Gasteiger partial charge in [-0.1, -0.05) is 34.8 Å². The van der Waals surface area contributed by atoms with Gasteiger partial charge in [0.05, 0.1) is 5.38 Å². The van der Waals surface area contributed by atoms with E-state index in [4.69, 9.17) is 58.0 Å². The molecule has 0 nitrogen and oxygen atoms in total. The van der Waals surface area contributed by atoms with Crippen LogP contribution in [0.5, 0.6) is 0 Å². The number of rotatable bonds is 2. The van der Waals surface area contributed by atoms with Gasteiger partial charge in [0.1, 0.15) is 6.67 Å². The maximum atomic E-state index is 11.0. The van der Waals surface area contributed by atoms with E-state index in [0.717, 1.165) is 0 Å². The van der Waals surface area contributed by atoms with Gasteiger partial charge in [-0.15, -0.1) is 23.2 Å². The van der Waals surface area contributed by atoms with Gasteiger partial charge in [-0.2, -0.15) is 8.78 Å². The molecule has 15 heavy (non-hydrogen) atoms. The Kier molecular flexibility index (Phi) is 11.0. The van der Waals surface area contributed by atoms with Crippen LogP contribution in [0, 0.1) is 0 Å². The first-order valence-corrected chi connectivity index (χ1v) is 5.29. The van der Waals surface area contributed by atoms with Crippen LogP contribution >= 0.6 is 58.0 Å². The van der Waals surface area contributed by atoms with E-state index >= 15 is 0 Å². The van der Waals surface area contributed by atoms with Crippen molar-refractivity contribution in [3.8, 4) is 0 Å². The van der Waals surface area contributed by atoms with Crippen LogP contribution in [0.4, 0.5) is 17.6 Å². The van der Waals surface area contributed by atoms with Gasteiger partial charge in [-0.3, -0.25) is 0 Å². The first-order valence-electron chi connectivity index (χ1n) is 3.19. The van der Waals surface area contributed by atoms with E-state index < -0.39 is 27.8 Å². The van der Waals surface area contributed by atoms with Crippen LogP contribution in [0.2, 0.25) is 0 Å². The first kappa shape index (κ1) is 18.3. The van der Waals surface area contributed by atoms with E-state index in [-0.39, 0.29) is 5.88 Å². The third kappa shape index (κ3) is 11.2. The zero-order valence-electron chi connectivity index (χ0n) is 6.89. The summed E-state index contributed by atoms with van der Waals surface area (Å²) < 4.78 is 41.7. The highest BCUT2D eigenvalue weighted by atomic mass is 35.6. The molecule has 1 atom stereocenters. The summed E-state index contributed by atoms with van der Waals surface area (Å²) in [6.07, 6.45) is -2.58. The maximum Gasteiger partial charge on any atom is 0.304 e. The summed E-state index contributed by atoms with van der Waals surface area (Å²) >= 11 is 26.6. The minimum absolute atomic E-state index is 0.137. The fourth-order valence-corrected chi connectivity index (χ4v) is 0.838. The third-order valence-electron chi connectivity index (χ3n) is 0.813. The first-order chi connectivity index (χ1) is 6.66. The molecule has 0 aliphatic carbocycles. The zero-order valence-corrected chi connectivity index (χ0v) is 10.7. The van der Waals surface area contributed by atoms with Gasteiger partial charge in [0.2, 0.25) is 3.79 Å². The molecule has 0 aromatic carbocycles. The van der Waals surface area contributed by atoms with Crippen molar-refractivity contribution in [1.82, 2.24) is 0 Å². The molecule has 0 N–H and O–H groups in total. The van der Waals surface area contributed by atoms with Crippen molar-refractivity contribution in [2.75, 3.05) is 12.6 Å². The van der Waals surface area contributed by atoms with Crippen molar-refractivity contribution in [3.63, 3.8) is 0 Å². The molecule has 0 saturated heterocycles. The number of hydrogen-bond donors (Lipinski definition) is 0. The summed E-state index contributed by atoms with van der Waals surface area (Å²) in [7, 11) is 0. The highest BCUT2D eigenvalue weighted by Crippen LogP contribution is 2.34. The summed E-state index contributed by atoms with van der Waals surface area (Å²) in [5, 5.41) is -0.617. The number of halogens is 9. The van der Waals surface area contributed by atoms with E-state index in [2.05, 4.69) is 0 Å². The Morgan fingerprint density at radius 2 is 1.53 bits per heavy atom. The zero-order chi connectivity index (χ0) is 12.6. The molecule has 0 fully saturated rings. The second-order valence-corrected chi connectivity index (χ2v) is 5.17. The van der Waals surface area contributed by atoms with E-state index in [1.165, 1.54) is 0 Å². The van der Waals surface area contributed by atoms with Crippen LogP contribution in [-0.4, -0.2) is 21.7 Å². The molecule has 0 rings (SSSR count). The summed E-state index contributed by atoms with van der Waals surface area (Å²) in [6, 6.07) is 0. The summed E-state index contributed by atoms with van der Waals surface area (Å²) in [5.41, 5.74) is 0. The predicted molar refractivity (Wildman–Crippen MR) is 57.0 cm³/mol. The molecule has 1 unspecified atom stereocenters. The Labute approximate surface area is 109 Å². The van der Waals surface area contributed by atoms with Crippen molar-refractivity contribution in [2.24, 2.45) is 0 Å². The van der Waals surface area contributed by atoms with Crippen molar-refractivity contribution < 1.29 is 17.6 Å². The van der Waals surface area contributed by atoms with Crippen molar-refractivity contribution in [1.29, 1.82) is 0 Å². The fraction of sp³-hybridized carbons (Fsp3) is 0.667. The van der Waals surface area contributed by atoms with E-state index in [1.54, 1.807) is 0 Å². The van der Waals surface area contributed by atoms with Crippen LogP contribution in [0.1, 0.15) is 0 Å². The van der Waals surface area contributed by atoms with Crippen molar-refractivity contribution in [2.45, 2.75) is 9.17 Å². The summed E-state index contributed by atoms with van der Waals surface area (Å²) in [6.45, 7) is -1.72. The molecule has 9 heteroatoms. The lowest BCUT2D eigenvalue weighted by atomic mass is 10.5. The molecule has 0 aliphatic heterocycles. The Morgan fingerprint density at radius 1 is 1.13 bits per heavy atom. The molecule has 0 bridgehead atoms. The van der Waals surface area contributed by atoms with Gasteiger partial charge >= 0.3 is 6.08 Å². The van der Waals surface area contributed by atoms with Gasteiger partial charge in [0.25, 0.3) is 0 Å². The van der Waals surface area contributed by atoms with Crippen molar-refractivity contribution in [3.05, 3.63) is 11.9 Å². The quantitative estimate of drug-likeness (QED) is 0.480. The monoisotopic (exact) mass is 328 g/mol. The predicted octanol–water partition coefficient (Wildman–Crippen LogP) is 5.24. The number of alkyl halides is 6. The van der Waals surface area contributed by atoms with E-state index in [0.29, 0.717) is 0 Å². The topological polar surface area (TPSA) is 0 Å². The normalized spacial score (nSPS) is 12.6. The van der Waals surface area contributed by atoms with Gasteiger partial charge in [-0.25, -0.2) is 8.78 Å². The molecule has 0 amide bonds. The fourth-order valence-electron chi connectivity index (χ4n) is 0.138. The minimum Gasteiger partial charge on any atom is -0.243 e. The average Bonchev–Trinajstić information content (AvgIpc) is 2.14. The van der Waals surface area contributed by atoms with Gasteiger partial charge < -0.3 is 0 Å². The molecule has 0 aromatic rings. The van der Waals surface area contributed by atoms with Crippen LogP contribution in [-0.2, 0) is 0 Å². The second kappa shape index (κ2) is 8.99. The Morgan fingerprint density at radius 3 is 1.53 bits per heavy atom. The molecule has 0 aliphatic rings. The number of hydrogen-bond acceptors (Lipinski definition) is 0. The highest BCUT2D eigenvalue weighted by molar-refractivity contribution is 6.70. The largest absolute Gasteiger partial charge is 0.304 e. The molecule has 0 spiro atoms. The van der Waals surface area contributed by atoms with Gasteiger partial charge in [0.15, 0.2) is 5.83 Å². The third-order valence-corrected chi connectivity index (χ3v) is 2.89. The lowest BCUT2D eigenvalue weighted by Gasteiger charge is -2.13. The molecular formula is C6H5Cl5F4. The number of allylic oxidation sites excluding steroid dienone is 1. The molecule has 0 heterocycles. The van der Waals surface area contributed by atoms with Crippen LogP contribution in [0.3, 0.4) is 0 Å². The Hall–Kier alpha value is 0.910.